The van der Waals surface area contributed by atoms with Crippen molar-refractivity contribution in [1.82, 2.24) is 0 Å². The maximum atomic E-state index is 2.46. The van der Waals surface area contributed by atoms with E-state index in [1.165, 1.54) is 116 Å². The fraction of sp³-hybridized carbons (Fsp3) is 0.733. The zero-order valence-electron chi connectivity index (χ0n) is 21.0. The summed E-state index contributed by atoms with van der Waals surface area (Å²) < 4.78 is 0. The van der Waals surface area contributed by atoms with Gasteiger partial charge >= 0.3 is 0 Å². The van der Waals surface area contributed by atoms with Crippen LogP contribution in [0.5, 0.6) is 0 Å². The van der Waals surface area contributed by atoms with Crippen LogP contribution < -0.4 is 0 Å². The summed E-state index contributed by atoms with van der Waals surface area (Å²) in [5, 5.41) is 0. The van der Waals surface area contributed by atoms with Crippen molar-refractivity contribution in [3.05, 3.63) is 43.8 Å². The Kier molecular flexibility index (Phi) is 12.5. The Morgan fingerprint density at radius 2 is 0.906 bits per heavy atom. The summed E-state index contributed by atoms with van der Waals surface area (Å²) in [6.45, 7) is 4.60. The number of hydrogen-bond donors (Lipinski definition) is 0. The zero-order valence-corrected chi connectivity index (χ0v) is 22.6. The van der Waals surface area contributed by atoms with Crippen molar-refractivity contribution in [2.75, 3.05) is 0 Å². The number of unbranched alkanes of at least 4 members (excludes halogenated alkanes) is 10. The van der Waals surface area contributed by atoms with Crippen LogP contribution >= 0.6 is 22.7 Å². The van der Waals surface area contributed by atoms with E-state index in [4.69, 9.17) is 0 Å². The molecule has 0 saturated heterocycles. The molecule has 2 heterocycles. The topological polar surface area (TPSA) is 0 Å². The lowest BCUT2D eigenvalue weighted by Crippen LogP contribution is -2.10. The van der Waals surface area contributed by atoms with Gasteiger partial charge in [0.15, 0.2) is 0 Å². The van der Waals surface area contributed by atoms with Crippen LogP contribution in [0.25, 0.3) is 0 Å². The summed E-state index contributed by atoms with van der Waals surface area (Å²) in [5.41, 5.74) is 0. The van der Waals surface area contributed by atoms with E-state index >= 15 is 0 Å². The van der Waals surface area contributed by atoms with Crippen LogP contribution in [0.4, 0.5) is 0 Å². The number of thiophene rings is 2. The third kappa shape index (κ3) is 8.98. The molecule has 180 valence electrons. The van der Waals surface area contributed by atoms with Gasteiger partial charge in [-0.3, -0.25) is 0 Å². The van der Waals surface area contributed by atoms with Crippen molar-refractivity contribution in [2.24, 2.45) is 0 Å². The number of rotatable bonds is 16. The van der Waals surface area contributed by atoms with Gasteiger partial charge in [-0.05, 0) is 87.5 Å². The summed E-state index contributed by atoms with van der Waals surface area (Å²) in [7, 11) is 0. The molecular formula is C30H48S2. The van der Waals surface area contributed by atoms with Crippen LogP contribution in [0.15, 0.2) is 24.3 Å². The van der Waals surface area contributed by atoms with Crippen LogP contribution in [-0.4, -0.2) is 0 Å². The van der Waals surface area contributed by atoms with Crippen molar-refractivity contribution in [2.45, 2.75) is 141 Å². The first-order chi connectivity index (χ1) is 15.8. The Balaban J connectivity index is 1.34. The second-order valence-electron chi connectivity index (χ2n) is 10.2. The van der Waals surface area contributed by atoms with Crippen molar-refractivity contribution in [1.29, 1.82) is 0 Å². The first kappa shape index (κ1) is 26.0. The number of aryl methyl sites for hydroxylation is 2. The first-order valence-electron chi connectivity index (χ1n) is 14.0. The standard InChI is InChI=1S/C30H48S2/c1-3-5-7-9-11-13-15-27-21-23-29(31-27)25-17-19-26(20-18-25)30-24-22-28(32-30)16-14-12-10-8-6-4-2/h21-26H,3-20H2,1-2H3. The summed E-state index contributed by atoms with van der Waals surface area (Å²) in [6.07, 6.45) is 25.1. The molecule has 2 aromatic rings. The highest BCUT2D eigenvalue weighted by Gasteiger charge is 2.25. The molecule has 2 heteroatoms. The maximum Gasteiger partial charge on any atom is 0.00791 e. The minimum atomic E-state index is 0.831. The van der Waals surface area contributed by atoms with Crippen LogP contribution in [0, 0.1) is 0 Å². The van der Waals surface area contributed by atoms with Gasteiger partial charge < -0.3 is 0 Å². The molecule has 0 atom stereocenters. The van der Waals surface area contributed by atoms with Gasteiger partial charge in [0.25, 0.3) is 0 Å². The van der Waals surface area contributed by atoms with E-state index in [1.807, 2.05) is 0 Å². The molecule has 0 spiro atoms. The Morgan fingerprint density at radius 3 is 1.31 bits per heavy atom. The van der Waals surface area contributed by atoms with Crippen LogP contribution in [-0.2, 0) is 12.8 Å². The molecule has 0 aliphatic heterocycles. The molecule has 0 N–H and O–H groups in total. The minimum Gasteiger partial charge on any atom is -0.145 e. The fourth-order valence-electron chi connectivity index (χ4n) is 5.32. The molecule has 0 nitrogen and oxygen atoms in total. The average Bonchev–Trinajstić information content (AvgIpc) is 3.49. The summed E-state index contributed by atoms with van der Waals surface area (Å²) in [6, 6.07) is 9.80. The summed E-state index contributed by atoms with van der Waals surface area (Å²) in [5.74, 6) is 1.66. The average molecular weight is 473 g/mol. The molecule has 2 aromatic heterocycles. The third-order valence-corrected chi connectivity index (χ3v) is 10.1. The van der Waals surface area contributed by atoms with Gasteiger partial charge in [-0.2, -0.15) is 0 Å². The lowest BCUT2D eigenvalue weighted by Gasteiger charge is -2.27. The molecule has 0 unspecified atom stereocenters. The van der Waals surface area contributed by atoms with Gasteiger partial charge in [-0.25, -0.2) is 0 Å². The normalized spacial score (nSPS) is 18.9. The lowest BCUT2D eigenvalue weighted by molar-refractivity contribution is 0.403. The molecule has 32 heavy (non-hydrogen) atoms. The first-order valence-corrected chi connectivity index (χ1v) is 15.6. The van der Waals surface area contributed by atoms with E-state index in [9.17, 15) is 0 Å². The van der Waals surface area contributed by atoms with Crippen molar-refractivity contribution >= 4 is 22.7 Å². The van der Waals surface area contributed by atoms with E-state index in [-0.39, 0.29) is 0 Å². The zero-order chi connectivity index (χ0) is 22.4. The Hall–Kier alpha value is -0.600. The van der Waals surface area contributed by atoms with Gasteiger partial charge in [-0.15, -0.1) is 22.7 Å². The smallest absolute Gasteiger partial charge is 0.00791 e. The van der Waals surface area contributed by atoms with E-state index < -0.39 is 0 Å². The van der Waals surface area contributed by atoms with E-state index in [2.05, 4.69) is 60.8 Å². The van der Waals surface area contributed by atoms with Crippen LogP contribution in [0.1, 0.15) is 148 Å². The van der Waals surface area contributed by atoms with Gasteiger partial charge in [0.05, 0.1) is 0 Å². The highest BCUT2D eigenvalue weighted by Crippen LogP contribution is 2.44. The molecule has 0 radical (unpaired) electrons. The lowest BCUT2D eigenvalue weighted by atomic mass is 9.81. The predicted octanol–water partition coefficient (Wildman–Crippen LogP) is 11.1. The minimum absolute atomic E-state index is 0.831. The molecule has 3 rings (SSSR count). The summed E-state index contributed by atoms with van der Waals surface area (Å²) in [4.78, 5) is 6.63. The molecule has 0 aromatic carbocycles. The van der Waals surface area contributed by atoms with Crippen LogP contribution in [0.3, 0.4) is 0 Å². The van der Waals surface area contributed by atoms with E-state index in [0.717, 1.165) is 11.8 Å². The molecule has 1 aliphatic rings. The molecule has 1 aliphatic carbocycles. The highest BCUT2D eigenvalue weighted by atomic mass is 32.1. The van der Waals surface area contributed by atoms with Crippen molar-refractivity contribution in [3.63, 3.8) is 0 Å². The molecule has 0 amide bonds. The van der Waals surface area contributed by atoms with Gasteiger partial charge in [0.2, 0.25) is 0 Å². The Bertz CT molecular complexity index is 655. The van der Waals surface area contributed by atoms with Crippen molar-refractivity contribution < 1.29 is 0 Å². The third-order valence-electron chi connectivity index (χ3n) is 7.45. The summed E-state index contributed by atoms with van der Waals surface area (Å²) >= 11 is 4.25. The molecule has 0 bridgehead atoms. The highest BCUT2D eigenvalue weighted by molar-refractivity contribution is 7.12. The predicted molar refractivity (Wildman–Crippen MR) is 147 cm³/mol. The Morgan fingerprint density at radius 1 is 0.531 bits per heavy atom. The second kappa shape index (κ2) is 15.3. The van der Waals surface area contributed by atoms with E-state index in [1.54, 1.807) is 19.5 Å². The fourth-order valence-corrected chi connectivity index (χ4v) is 7.77. The Labute approximate surface area is 207 Å². The largest absolute Gasteiger partial charge is 0.145 e. The van der Waals surface area contributed by atoms with Gasteiger partial charge in [0, 0.05) is 19.5 Å². The quantitative estimate of drug-likeness (QED) is 0.213. The SMILES string of the molecule is CCCCCCCCc1ccc(C2CCC(c3ccc(CCCCCCCC)s3)CC2)s1. The molecule has 1 saturated carbocycles. The van der Waals surface area contributed by atoms with E-state index in [0.29, 0.717) is 0 Å². The maximum absolute atomic E-state index is 2.46. The molecular weight excluding hydrogens is 424 g/mol. The van der Waals surface area contributed by atoms with Gasteiger partial charge in [0.1, 0.15) is 0 Å². The van der Waals surface area contributed by atoms with Crippen LogP contribution in [0.2, 0.25) is 0 Å². The van der Waals surface area contributed by atoms with Gasteiger partial charge in [-0.1, -0.05) is 78.1 Å². The molecule has 1 fully saturated rings. The monoisotopic (exact) mass is 472 g/mol. The number of hydrogen-bond acceptors (Lipinski definition) is 2. The second-order valence-corrected chi connectivity index (χ2v) is 12.6. The van der Waals surface area contributed by atoms with Crippen molar-refractivity contribution in [3.8, 4) is 0 Å².